The standard InChI is InChI=1S/C18H19Cl2N3O4S/c1-12(13-7-9-14(27-2)10-8-13)21-22-17(24)11-23(28(3,25)26)16-6-4-5-15(19)18(16)20/h4-10H,11H2,1-3H3,(H,22,24)/b21-12-. The Kier molecular flexibility index (Phi) is 7.29. The van der Waals surface area contributed by atoms with Gasteiger partial charge in [-0.1, -0.05) is 29.3 Å². The van der Waals surface area contributed by atoms with Crippen LogP contribution in [-0.2, 0) is 14.8 Å². The number of benzene rings is 2. The molecule has 0 aliphatic heterocycles. The molecule has 2 rings (SSSR count). The number of carbonyl (C=O) groups excluding carboxylic acids is 1. The summed E-state index contributed by atoms with van der Waals surface area (Å²) in [7, 11) is -2.22. The zero-order valence-corrected chi connectivity index (χ0v) is 17.8. The van der Waals surface area contributed by atoms with E-state index >= 15 is 0 Å². The minimum Gasteiger partial charge on any atom is -0.497 e. The molecule has 0 heterocycles. The maximum atomic E-state index is 12.3. The minimum atomic E-state index is -3.78. The van der Waals surface area contributed by atoms with Gasteiger partial charge in [0.15, 0.2) is 0 Å². The Morgan fingerprint density at radius 1 is 1.18 bits per heavy atom. The predicted octanol–water partition coefficient (Wildman–Crippen LogP) is 3.31. The number of nitrogens with zero attached hydrogens (tertiary/aromatic N) is 2. The summed E-state index contributed by atoms with van der Waals surface area (Å²) in [4.78, 5) is 12.3. The number of sulfonamides is 1. The number of hydrazone groups is 1. The van der Waals surface area contributed by atoms with Crippen LogP contribution in [0.1, 0.15) is 12.5 Å². The molecule has 1 amide bonds. The van der Waals surface area contributed by atoms with Gasteiger partial charge in [0.1, 0.15) is 12.3 Å². The molecule has 2 aromatic carbocycles. The molecule has 0 saturated carbocycles. The van der Waals surface area contributed by atoms with Gasteiger partial charge in [-0.15, -0.1) is 0 Å². The molecule has 0 saturated heterocycles. The number of methoxy groups -OCH3 is 1. The second kappa shape index (κ2) is 9.27. The Morgan fingerprint density at radius 3 is 2.39 bits per heavy atom. The van der Waals surface area contributed by atoms with E-state index in [1.165, 1.54) is 12.1 Å². The van der Waals surface area contributed by atoms with E-state index in [4.69, 9.17) is 27.9 Å². The Bertz CT molecular complexity index is 992. The van der Waals surface area contributed by atoms with Crippen molar-refractivity contribution in [1.82, 2.24) is 5.43 Å². The highest BCUT2D eigenvalue weighted by atomic mass is 35.5. The summed E-state index contributed by atoms with van der Waals surface area (Å²) in [6.45, 7) is 1.21. The quantitative estimate of drug-likeness (QED) is 0.524. The average Bonchev–Trinajstić information content (AvgIpc) is 2.66. The van der Waals surface area contributed by atoms with Gasteiger partial charge in [-0.2, -0.15) is 5.10 Å². The highest BCUT2D eigenvalue weighted by molar-refractivity contribution is 7.92. The van der Waals surface area contributed by atoms with Gasteiger partial charge in [-0.05, 0) is 48.9 Å². The zero-order chi connectivity index (χ0) is 20.9. The van der Waals surface area contributed by atoms with Gasteiger partial charge in [0.2, 0.25) is 10.0 Å². The summed E-state index contributed by atoms with van der Waals surface area (Å²) in [6.07, 6.45) is 0.976. The van der Waals surface area contributed by atoms with Crippen molar-refractivity contribution in [3.63, 3.8) is 0 Å². The normalized spacial score (nSPS) is 11.8. The van der Waals surface area contributed by atoms with Gasteiger partial charge < -0.3 is 4.74 Å². The second-order valence-corrected chi connectivity index (χ2v) is 8.50. The number of carbonyl (C=O) groups is 1. The van der Waals surface area contributed by atoms with Crippen molar-refractivity contribution in [2.24, 2.45) is 5.10 Å². The first kappa shape index (κ1) is 22.0. The summed E-state index contributed by atoms with van der Waals surface area (Å²) in [5.74, 6) is 0.0668. The van der Waals surface area contributed by atoms with Gasteiger partial charge in [-0.25, -0.2) is 13.8 Å². The van der Waals surface area contributed by atoms with Crippen LogP contribution in [0.2, 0.25) is 10.0 Å². The molecule has 0 atom stereocenters. The van der Waals surface area contributed by atoms with Crippen molar-refractivity contribution in [2.75, 3.05) is 24.2 Å². The SMILES string of the molecule is COc1ccc(/C(C)=N\NC(=O)CN(c2cccc(Cl)c2Cl)S(C)(=O)=O)cc1. The van der Waals surface area contributed by atoms with E-state index in [1.807, 2.05) is 0 Å². The molecular formula is C18H19Cl2N3O4S. The van der Waals surface area contributed by atoms with E-state index < -0.39 is 22.5 Å². The number of hydrogen-bond acceptors (Lipinski definition) is 5. The van der Waals surface area contributed by atoms with E-state index in [1.54, 1.807) is 44.4 Å². The number of halogens is 2. The van der Waals surface area contributed by atoms with Gasteiger partial charge in [0, 0.05) is 0 Å². The molecule has 0 aliphatic rings. The first-order chi connectivity index (χ1) is 13.1. The molecule has 2 aromatic rings. The van der Waals surface area contributed by atoms with Crippen LogP contribution < -0.4 is 14.5 Å². The molecule has 0 aliphatic carbocycles. The van der Waals surface area contributed by atoms with Crippen LogP contribution in [0.4, 0.5) is 5.69 Å². The molecule has 0 bridgehead atoms. The lowest BCUT2D eigenvalue weighted by atomic mass is 10.1. The lowest BCUT2D eigenvalue weighted by Crippen LogP contribution is -2.39. The number of rotatable bonds is 7. The predicted molar refractivity (Wildman–Crippen MR) is 112 cm³/mol. The monoisotopic (exact) mass is 443 g/mol. The third kappa shape index (κ3) is 5.60. The van der Waals surface area contributed by atoms with E-state index in [0.29, 0.717) is 11.5 Å². The number of amides is 1. The largest absolute Gasteiger partial charge is 0.497 e. The summed E-state index contributed by atoms with van der Waals surface area (Å²) < 4.78 is 30.3. The van der Waals surface area contributed by atoms with E-state index in [-0.39, 0.29) is 15.7 Å². The van der Waals surface area contributed by atoms with Crippen LogP contribution in [0.3, 0.4) is 0 Å². The molecule has 0 radical (unpaired) electrons. The molecule has 0 unspecified atom stereocenters. The third-order valence-corrected chi connectivity index (χ3v) is 5.68. The highest BCUT2D eigenvalue weighted by Gasteiger charge is 2.23. The fraction of sp³-hybridized carbons (Fsp3) is 0.222. The Morgan fingerprint density at radius 2 is 1.82 bits per heavy atom. The van der Waals surface area contributed by atoms with Crippen LogP contribution in [0.15, 0.2) is 47.6 Å². The first-order valence-corrected chi connectivity index (χ1v) is 10.6. The van der Waals surface area contributed by atoms with Crippen LogP contribution in [0.5, 0.6) is 5.75 Å². The molecular weight excluding hydrogens is 425 g/mol. The Labute approximate surface area is 173 Å². The second-order valence-electron chi connectivity index (χ2n) is 5.80. The number of nitrogens with one attached hydrogen (secondary N) is 1. The number of ether oxygens (including phenoxy) is 1. The number of hydrogen-bond donors (Lipinski definition) is 1. The van der Waals surface area contributed by atoms with E-state index in [9.17, 15) is 13.2 Å². The summed E-state index contributed by atoms with van der Waals surface area (Å²) in [5, 5.41) is 4.24. The van der Waals surface area contributed by atoms with Crippen LogP contribution in [-0.4, -0.2) is 39.9 Å². The summed E-state index contributed by atoms with van der Waals surface area (Å²) in [6, 6.07) is 11.7. The maximum Gasteiger partial charge on any atom is 0.260 e. The lowest BCUT2D eigenvalue weighted by Gasteiger charge is -2.22. The molecule has 0 spiro atoms. The first-order valence-electron chi connectivity index (χ1n) is 8.02. The fourth-order valence-electron chi connectivity index (χ4n) is 2.27. The highest BCUT2D eigenvalue weighted by Crippen LogP contribution is 2.33. The number of anilines is 1. The summed E-state index contributed by atoms with van der Waals surface area (Å²) in [5.41, 5.74) is 3.79. The summed E-state index contributed by atoms with van der Waals surface area (Å²) >= 11 is 12.1. The van der Waals surface area contributed by atoms with E-state index in [2.05, 4.69) is 10.5 Å². The topological polar surface area (TPSA) is 88.1 Å². The molecule has 10 heteroatoms. The van der Waals surface area contributed by atoms with Crippen molar-refractivity contribution >= 4 is 50.5 Å². The van der Waals surface area contributed by atoms with Crippen molar-refractivity contribution in [2.45, 2.75) is 6.92 Å². The van der Waals surface area contributed by atoms with Crippen LogP contribution in [0.25, 0.3) is 0 Å². The molecule has 1 N–H and O–H groups in total. The van der Waals surface area contributed by atoms with Gasteiger partial charge >= 0.3 is 0 Å². The van der Waals surface area contributed by atoms with E-state index in [0.717, 1.165) is 16.1 Å². The molecule has 150 valence electrons. The van der Waals surface area contributed by atoms with Crippen molar-refractivity contribution in [1.29, 1.82) is 0 Å². The average molecular weight is 444 g/mol. The smallest absolute Gasteiger partial charge is 0.260 e. The van der Waals surface area contributed by atoms with Crippen LogP contribution in [0, 0.1) is 0 Å². The molecule has 28 heavy (non-hydrogen) atoms. The van der Waals surface area contributed by atoms with Gasteiger partial charge in [-0.3, -0.25) is 9.10 Å². The zero-order valence-electron chi connectivity index (χ0n) is 15.4. The van der Waals surface area contributed by atoms with Crippen molar-refractivity contribution in [3.05, 3.63) is 58.1 Å². The molecule has 7 nitrogen and oxygen atoms in total. The van der Waals surface area contributed by atoms with Crippen LogP contribution >= 0.6 is 23.2 Å². The Hall–Kier alpha value is -2.29. The van der Waals surface area contributed by atoms with Gasteiger partial charge in [0.25, 0.3) is 5.91 Å². The molecule has 0 fully saturated rings. The van der Waals surface area contributed by atoms with Crippen molar-refractivity contribution < 1.29 is 17.9 Å². The van der Waals surface area contributed by atoms with Crippen molar-refractivity contribution in [3.8, 4) is 5.75 Å². The third-order valence-electron chi connectivity index (χ3n) is 3.74. The fourth-order valence-corrected chi connectivity index (χ4v) is 3.58. The Balaban J connectivity index is 2.16. The maximum absolute atomic E-state index is 12.3. The lowest BCUT2D eigenvalue weighted by molar-refractivity contribution is -0.119. The molecule has 0 aromatic heterocycles. The van der Waals surface area contributed by atoms with Gasteiger partial charge in [0.05, 0.1) is 34.8 Å². The minimum absolute atomic E-state index is 0.0420.